The minimum absolute atomic E-state index is 0.0324. The third kappa shape index (κ3) is 1.92. The zero-order valence-electron chi connectivity index (χ0n) is 13.6. The van der Waals surface area contributed by atoms with Crippen molar-refractivity contribution in [1.29, 1.82) is 0 Å². The summed E-state index contributed by atoms with van der Waals surface area (Å²) in [6.07, 6.45) is 7.78. The normalized spacial score (nSPS) is 57.5. The molecule has 0 bridgehead atoms. The lowest BCUT2D eigenvalue weighted by molar-refractivity contribution is -0.137. The number of fused-ring (bicyclic) bond motifs is 5. The van der Waals surface area contributed by atoms with Gasteiger partial charge in [-0.15, -0.1) is 0 Å². The summed E-state index contributed by atoms with van der Waals surface area (Å²) in [5, 5.41) is 13.8. The minimum atomic E-state index is -0.0982. The van der Waals surface area contributed by atoms with Crippen molar-refractivity contribution in [2.45, 2.75) is 75.8 Å². The predicted molar refractivity (Wildman–Crippen MR) is 89.7 cm³/mol. The van der Waals surface area contributed by atoms with Crippen LogP contribution in [0, 0.1) is 28.6 Å². The van der Waals surface area contributed by atoms with E-state index >= 15 is 0 Å². The molecule has 22 heavy (non-hydrogen) atoms. The highest BCUT2D eigenvalue weighted by Gasteiger charge is 2.60. The fourth-order valence-corrected chi connectivity index (χ4v) is 7.53. The molecule has 0 aromatic carbocycles. The summed E-state index contributed by atoms with van der Waals surface area (Å²) < 4.78 is 0. The predicted octanol–water partition coefficient (Wildman–Crippen LogP) is 3.24. The maximum Gasteiger partial charge on any atom is 0.234 e. The lowest BCUT2D eigenvalue weighted by atomic mass is 9.47. The number of carbonyl (C=O) groups is 1. The molecule has 8 atom stereocenters. The lowest BCUT2D eigenvalue weighted by Gasteiger charge is -2.60. The molecule has 4 aliphatic rings. The van der Waals surface area contributed by atoms with Gasteiger partial charge in [0.15, 0.2) is 0 Å². The van der Waals surface area contributed by atoms with E-state index in [0.717, 1.165) is 31.6 Å². The maximum absolute atomic E-state index is 12.0. The number of rotatable bonds is 0. The van der Waals surface area contributed by atoms with Crippen molar-refractivity contribution in [2.24, 2.45) is 28.6 Å². The van der Waals surface area contributed by atoms with Crippen LogP contribution in [0.25, 0.3) is 0 Å². The zero-order valence-corrected chi connectivity index (χ0v) is 15.2. The molecule has 2 N–H and O–H groups in total. The molecule has 0 aromatic heterocycles. The van der Waals surface area contributed by atoms with E-state index in [-0.39, 0.29) is 27.7 Å². The highest BCUT2D eigenvalue weighted by Crippen LogP contribution is 2.64. The average Bonchev–Trinajstić information content (AvgIpc) is 2.77. The molecule has 4 heteroatoms. The molecule has 124 valence electrons. The second-order valence-corrected chi connectivity index (χ2v) is 9.94. The van der Waals surface area contributed by atoms with Gasteiger partial charge in [0, 0.05) is 6.04 Å². The summed E-state index contributed by atoms with van der Waals surface area (Å²) in [4.78, 5) is 12.0. The Morgan fingerprint density at radius 2 is 1.82 bits per heavy atom. The molecular weight excluding hydrogens is 342 g/mol. The average molecular weight is 370 g/mol. The van der Waals surface area contributed by atoms with E-state index in [2.05, 4.69) is 35.1 Å². The molecule has 4 rings (SSSR count). The molecular formula is C18H28BrNO2. The Balaban J connectivity index is 1.65. The van der Waals surface area contributed by atoms with Gasteiger partial charge in [-0.05, 0) is 73.5 Å². The summed E-state index contributed by atoms with van der Waals surface area (Å²) in [6.45, 7) is 4.74. The third-order valence-electron chi connectivity index (χ3n) is 8.04. The number of piperidine rings is 1. The Morgan fingerprint density at radius 3 is 2.59 bits per heavy atom. The molecule has 3 saturated carbocycles. The van der Waals surface area contributed by atoms with Crippen molar-refractivity contribution in [1.82, 2.24) is 5.32 Å². The van der Waals surface area contributed by atoms with Crippen LogP contribution in [-0.4, -0.2) is 28.0 Å². The van der Waals surface area contributed by atoms with Crippen LogP contribution in [0.2, 0.25) is 0 Å². The Bertz CT molecular complexity index is 497. The van der Waals surface area contributed by atoms with Gasteiger partial charge in [0.05, 0.1) is 10.9 Å². The van der Waals surface area contributed by atoms with E-state index in [4.69, 9.17) is 0 Å². The highest BCUT2D eigenvalue weighted by molar-refractivity contribution is 9.10. The van der Waals surface area contributed by atoms with E-state index in [1.807, 2.05) is 0 Å². The number of carbonyl (C=O) groups excluding carboxylic acids is 1. The summed E-state index contributed by atoms with van der Waals surface area (Å²) in [5.74, 6) is 2.31. The van der Waals surface area contributed by atoms with Gasteiger partial charge in [-0.25, -0.2) is 0 Å². The number of nitrogens with one attached hydrogen (secondary N) is 1. The Hall–Kier alpha value is -0.0900. The number of hydrogen-bond donors (Lipinski definition) is 2. The summed E-state index contributed by atoms with van der Waals surface area (Å²) >= 11 is 3.59. The van der Waals surface area contributed by atoms with Gasteiger partial charge < -0.3 is 10.4 Å². The first-order valence-corrected chi connectivity index (χ1v) is 9.90. The van der Waals surface area contributed by atoms with Crippen LogP contribution in [0.4, 0.5) is 0 Å². The SMILES string of the molecule is C[C@]12CC(Br)C(=O)NC1CC[C@@H]1[C@H]2CC[C@]2(C)C(O)CC[C@@H]12. The highest BCUT2D eigenvalue weighted by atomic mass is 79.9. The molecule has 3 aliphatic carbocycles. The minimum Gasteiger partial charge on any atom is -0.393 e. The van der Waals surface area contributed by atoms with Crippen LogP contribution >= 0.6 is 15.9 Å². The van der Waals surface area contributed by atoms with Crippen LogP contribution in [0.1, 0.15) is 58.8 Å². The van der Waals surface area contributed by atoms with Gasteiger partial charge in [0.1, 0.15) is 0 Å². The quantitative estimate of drug-likeness (QED) is 0.643. The number of aliphatic hydroxyl groups is 1. The van der Waals surface area contributed by atoms with Gasteiger partial charge >= 0.3 is 0 Å². The monoisotopic (exact) mass is 369 g/mol. The smallest absolute Gasteiger partial charge is 0.234 e. The van der Waals surface area contributed by atoms with Crippen molar-refractivity contribution < 1.29 is 9.90 Å². The first-order valence-electron chi connectivity index (χ1n) is 8.99. The first kappa shape index (κ1) is 15.4. The summed E-state index contributed by atoms with van der Waals surface area (Å²) in [6, 6.07) is 0.353. The number of aliphatic hydroxyl groups excluding tert-OH is 1. The second-order valence-electron chi connectivity index (χ2n) is 8.83. The maximum atomic E-state index is 12.0. The standard InChI is InChI=1S/C18H28BrNO2/c1-17-8-7-12-10(11(17)4-6-15(17)21)3-5-14-18(12,2)9-13(19)16(22)20-14/h10-15,21H,3-9H2,1-2H3,(H,20,22)/t10-,11-,12+,13?,14?,15?,17-,18+/m0/s1. The summed E-state index contributed by atoms with van der Waals surface area (Å²) in [5.41, 5.74) is 0.371. The van der Waals surface area contributed by atoms with Gasteiger partial charge in [-0.3, -0.25) is 4.79 Å². The number of hydrogen-bond acceptors (Lipinski definition) is 2. The van der Waals surface area contributed by atoms with Crippen LogP contribution < -0.4 is 5.32 Å². The Labute approximate surface area is 141 Å². The van der Waals surface area contributed by atoms with E-state index < -0.39 is 0 Å². The molecule has 0 aromatic rings. The first-order chi connectivity index (χ1) is 10.4. The molecule has 1 amide bonds. The number of alkyl halides is 1. The van der Waals surface area contributed by atoms with Gasteiger partial charge in [0.25, 0.3) is 0 Å². The molecule has 0 spiro atoms. The van der Waals surface area contributed by atoms with Gasteiger partial charge in [0.2, 0.25) is 5.91 Å². The van der Waals surface area contributed by atoms with E-state index in [9.17, 15) is 9.90 Å². The van der Waals surface area contributed by atoms with Crippen LogP contribution in [0.5, 0.6) is 0 Å². The van der Waals surface area contributed by atoms with Crippen molar-refractivity contribution in [3.63, 3.8) is 0 Å². The number of halogens is 1. The Morgan fingerprint density at radius 1 is 1.09 bits per heavy atom. The second kappa shape index (κ2) is 4.95. The molecule has 3 nitrogen and oxygen atoms in total. The lowest BCUT2D eigenvalue weighted by Crippen LogP contribution is -2.63. The fourth-order valence-electron chi connectivity index (χ4n) is 6.70. The van der Waals surface area contributed by atoms with Crippen molar-refractivity contribution >= 4 is 21.8 Å². The largest absolute Gasteiger partial charge is 0.393 e. The number of amides is 1. The zero-order chi connectivity index (χ0) is 15.7. The van der Waals surface area contributed by atoms with Crippen LogP contribution in [-0.2, 0) is 4.79 Å². The van der Waals surface area contributed by atoms with Crippen LogP contribution in [0.3, 0.4) is 0 Å². The van der Waals surface area contributed by atoms with Crippen molar-refractivity contribution in [2.75, 3.05) is 0 Å². The molecule has 1 saturated heterocycles. The van der Waals surface area contributed by atoms with Crippen molar-refractivity contribution in [3.8, 4) is 0 Å². The summed E-state index contributed by atoms with van der Waals surface area (Å²) in [7, 11) is 0. The fraction of sp³-hybridized carbons (Fsp3) is 0.944. The van der Waals surface area contributed by atoms with Crippen LogP contribution in [0.15, 0.2) is 0 Å². The van der Waals surface area contributed by atoms with Gasteiger partial charge in [-0.1, -0.05) is 29.8 Å². The molecule has 1 heterocycles. The van der Waals surface area contributed by atoms with E-state index in [0.29, 0.717) is 17.9 Å². The Kier molecular flexibility index (Phi) is 3.48. The van der Waals surface area contributed by atoms with Gasteiger partial charge in [-0.2, -0.15) is 0 Å². The third-order valence-corrected chi connectivity index (χ3v) is 8.78. The molecule has 0 radical (unpaired) electrons. The van der Waals surface area contributed by atoms with E-state index in [1.54, 1.807) is 0 Å². The molecule has 4 fully saturated rings. The van der Waals surface area contributed by atoms with Crippen molar-refractivity contribution in [3.05, 3.63) is 0 Å². The topological polar surface area (TPSA) is 49.3 Å². The molecule has 3 unspecified atom stereocenters. The molecule has 1 aliphatic heterocycles. The van der Waals surface area contributed by atoms with E-state index in [1.165, 1.54) is 19.3 Å².